The van der Waals surface area contributed by atoms with Gasteiger partial charge in [-0.3, -0.25) is 5.32 Å². The van der Waals surface area contributed by atoms with E-state index < -0.39 is 6.09 Å². The molecule has 1 heterocycles. The monoisotopic (exact) mass is 273 g/mol. The van der Waals surface area contributed by atoms with Gasteiger partial charge in [0.15, 0.2) is 0 Å². The van der Waals surface area contributed by atoms with Gasteiger partial charge in [-0.25, -0.2) is 4.79 Å². The average Bonchev–Trinajstić information content (AvgIpc) is 2.84. The Hall–Kier alpha value is -2.43. The van der Waals surface area contributed by atoms with E-state index in [1.54, 1.807) is 6.92 Å². The third-order valence-electron chi connectivity index (χ3n) is 2.93. The second-order valence-corrected chi connectivity index (χ2v) is 4.39. The minimum absolute atomic E-state index is 0.363. The Balaban J connectivity index is 1.88. The fraction of sp³-hybridized carbons (Fsp3) is 0.267. The molecule has 2 rings (SSSR count). The van der Waals surface area contributed by atoms with Crippen molar-refractivity contribution in [1.29, 1.82) is 0 Å². The number of carbonyl (C=O) groups is 1. The van der Waals surface area contributed by atoms with E-state index in [1.165, 1.54) is 5.69 Å². The summed E-state index contributed by atoms with van der Waals surface area (Å²) in [5, 5.41) is 5.98. The van der Waals surface area contributed by atoms with E-state index in [0.29, 0.717) is 12.3 Å². The fourth-order valence-corrected chi connectivity index (χ4v) is 1.83. The summed E-state index contributed by atoms with van der Waals surface area (Å²) >= 11 is 0. The van der Waals surface area contributed by atoms with Crippen molar-refractivity contribution in [3.8, 4) is 0 Å². The van der Waals surface area contributed by atoms with Crippen LogP contribution >= 0.6 is 0 Å². The van der Waals surface area contributed by atoms with Crippen molar-refractivity contribution in [2.24, 2.45) is 7.05 Å². The highest BCUT2D eigenvalue weighted by Crippen LogP contribution is 2.14. The lowest BCUT2D eigenvalue weighted by Gasteiger charge is -2.09. The standard InChI is InChI=1S/C15H19N3O2/c1-3-20-15(19)17-13-8-6-12(7-9-13)16-11-14-5-4-10-18(14)2/h4-10,16H,3,11H2,1-2H3,(H,17,19). The molecule has 0 aliphatic heterocycles. The first-order chi connectivity index (χ1) is 9.69. The number of benzene rings is 1. The molecule has 0 atom stereocenters. The van der Waals surface area contributed by atoms with Crippen LogP contribution in [0.25, 0.3) is 0 Å². The Labute approximate surface area is 118 Å². The van der Waals surface area contributed by atoms with Crippen molar-refractivity contribution in [1.82, 2.24) is 4.57 Å². The van der Waals surface area contributed by atoms with Crippen LogP contribution in [0.1, 0.15) is 12.6 Å². The molecule has 0 fully saturated rings. The number of nitrogens with one attached hydrogen (secondary N) is 2. The second-order valence-electron chi connectivity index (χ2n) is 4.39. The molecule has 0 saturated carbocycles. The van der Waals surface area contributed by atoms with Gasteiger partial charge >= 0.3 is 6.09 Å². The van der Waals surface area contributed by atoms with Crippen LogP contribution < -0.4 is 10.6 Å². The third-order valence-corrected chi connectivity index (χ3v) is 2.93. The van der Waals surface area contributed by atoms with Gasteiger partial charge in [0.1, 0.15) is 0 Å². The second kappa shape index (κ2) is 6.65. The summed E-state index contributed by atoms with van der Waals surface area (Å²) < 4.78 is 6.89. The van der Waals surface area contributed by atoms with Gasteiger partial charge in [0.25, 0.3) is 0 Å². The van der Waals surface area contributed by atoms with Gasteiger partial charge in [0.05, 0.1) is 13.2 Å². The van der Waals surface area contributed by atoms with Gasteiger partial charge in [0.2, 0.25) is 0 Å². The minimum Gasteiger partial charge on any atom is -0.450 e. The maximum atomic E-state index is 11.3. The lowest BCUT2D eigenvalue weighted by Crippen LogP contribution is -2.13. The van der Waals surface area contributed by atoms with Crippen LogP contribution in [0.3, 0.4) is 0 Å². The SMILES string of the molecule is CCOC(=O)Nc1ccc(NCc2cccn2C)cc1. The van der Waals surface area contributed by atoms with Crippen molar-refractivity contribution >= 4 is 17.5 Å². The van der Waals surface area contributed by atoms with E-state index in [-0.39, 0.29) is 0 Å². The van der Waals surface area contributed by atoms with Gasteiger partial charge < -0.3 is 14.6 Å². The predicted octanol–water partition coefficient (Wildman–Crippen LogP) is 3.21. The van der Waals surface area contributed by atoms with Crippen molar-refractivity contribution in [3.63, 3.8) is 0 Å². The zero-order valence-electron chi connectivity index (χ0n) is 11.7. The van der Waals surface area contributed by atoms with E-state index in [1.807, 2.05) is 43.6 Å². The van der Waals surface area contributed by atoms with E-state index in [9.17, 15) is 4.79 Å². The summed E-state index contributed by atoms with van der Waals surface area (Å²) in [5.41, 5.74) is 2.92. The largest absolute Gasteiger partial charge is 0.450 e. The topological polar surface area (TPSA) is 55.3 Å². The van der Waals surface area contributed by atoms with Crippen LogP contribution in [-0.4, -0.2) is 17.3 Å². The number of hydrogen-bond donors (Lipinski definition) is 2. The number of aromatic nitrogens is 1. The molecule has 5 heteroatoms. The number of rotatable bonds is 5. The molecule has 20 heavy (non-hydrogen) atoms. The number of hydrogen-bond acceptors (Lipinski definition) is 3. The summed E-state index contributed by atoms with van der Waals surface area (Å²) in [6.07, 6.45) is 1.58. The van der Waals surface area contributed by atoms with Gasteiger partial charge in [-0.2, -0.15) is 0 Å². The van der Waals surface area contributed by atoms with E-state index in [2.05, 4.69) is 21.3 Å². The molecule has 1 amide bonds. The Kier molecular flexibility index (Phi) is 4.65. The van der Waals surface area contributed by atoms with E-state index in [0.717, 1.165) is 12.2 Å². The quantitative estimate of drug-likeness (QED) is 0.879. The molecule has 0 spiro atoms. The number of anilines is 2. The first kappa shape index (κ1) is 14.0. The molecule has 1 aromatic carbocycles. The number of carbonyl (C=O) groups excluding carboxylic acids is 1. The molecule has 0 bridgehead atoms. The Bertz CT molecular complexity index is 561. The molecular weight excluding hydrogens is 254 g/mol. The zero-order chi connectivity index (χ0) is 14.4. The maximum Gasteiger partial charge on any atom is 0.411 e. The summed E-state index contributed by atoms with van der Waals surface area (Å²) in [4.78, 5) is 11.3. The molecule has 0 saturated heterocycles. The highest BCUT2D eigenvalue weighted by molar-refractivity contribution is 5.84. The van der Waals surface area contributed by atoms with E-state index in [4.69, 9.17) is 4.74 Å². The smallest absolute Gasteiger partial charge is 0.411 e. The third kappa shape index (κ3) is 3.78. The molecular formula is C15H19N3O2. The predicted molar refractivity (Wildman–Crippen MR) is 79.8 cm³/mol. The normalized spacial score (nSPS) is 10.1. The zero-order valence-corrected chi connectivity index (χ0v) is 11.7. The van der Waals surface area contributed by atoms with Crippen LogP contribution in [0, 0.1) is 0 Å². The fourth-order valence-electron chi connectivity index (χ4n) is 1.83. The van der Waals surface area contributed by atoms with Gasteiger partial charge in [-0.15, -0.1) is 0 Å². The van der Waals surface area contributed by atoms with Crippen molar-refractivity contribution in [2.45, 2.75) is 13.5 Å². The van der Waals surface area contributed by atoms with Crippen molar-refractivity contribution in [3.05, 3.63) is 48.3 Å². The first-order valence-electron chi connectivity index (χ1n) is 6.57. The summed E-state index contributed by atoms with van der Waals surface area (Å²) in [7, 11) is 2.02. The maximum absolute atomic E-state index is 11.3. The summed E-state index contributed by atoms with van der Waals surface area (Å²) in [6, 6.07) is 11.6. The number of aryl methyl sites for hydroxylation is 1. The Morgan fingerprint density at radius 3 is 2.50 bits per heavy atom. The highest BCUT2D eigenvalue weighted by atomic mass is 16.5. The first-order valence-corrected chi connectivity index (χ1v) is 6.57. The molecule has 0 radical (unpaired) electrons. The molecule has 0 aliphatic carbocycles. The van der Waals surface area contributed by atoms with Gasteiger partial charge in [-0.05, 0) is 43.3 Å². The molecule has 5 nitrogen and oxygen atoms in total. The van der Waals surface area contributed by atoms with Crippen molar-refractivity contribution in [2.75, 3.05) is 17.2 Å². The molecule has 2 aromatic rings. The summed E-state index contributed by atoms with van der Waals surface area (Å²) in [6.45, 7) is 2.90. The lowest BCUT2D eigenvalue weighted by atomic mass is 10.2. The van der Waals surface area contributed by atoms with Gasteiger partial charge in [0, 0.05) is 30.3 Å². The Morgan fingerprint density at radius 2 is 1.90 bits per heavy atom. The van der Waals surface area contributed by atoms with Crippen molar-refractivity contribution < 1.29 is 9.53 Å². The minimum atomic E-state index is -0.433. The lowest BCUT2D eigenvalue weighted by molar-refractivity contribution is 0.168. The average molecular weight is 273 g/mol. The van der Waals surface area contributed by atoms with Crippen LogP contribution in [0.2, 0.25) is 0 Å². The number of nitrogens with zero attached hydrogens (tertiary/aromatic N) is 1. The van der Waals surface area contributed by atoms with Gasteiger partial charge in [-0.1, -0.05) is 0 Å². The molecule has 1 aromatic heterocycles. The van der Waals surface area contributed by atoms with Crippen LogP contribution in [0.4, 0.5) is 16.2 Å². The van der Waals surface area contributed by atoms with Crippen LogP contribution in [0.15, 0.2) is 42.6 Å². The van der Waals surface area contributed by atoms with Crippen LogP contribution in [0.5, 0.6) is 0 Å². The molecule has 2 N–H and O–H groups in total. The molecule has 0 aliphatic rings. The number of amides is 1. The Morgan fingerprint density at radius 1 is 1.20 bits per heavy atom. The number of ether oxygens (including phenoxy) is 1. The van der Waals surface area contributed by atoms with Crippen LogP contribution in [-0.2, 0) is 18.3 Å². The summed E-state index contributed by atoms with van der Waals surface area (Å²) in [5.74, 6) is 0. The molecule has 0 unspecified atom stereocenters. The van der Waals surface area contributed by atoms with E-state index >= 15 is 0 Å². The molecule has 106 valence electrons. The highest BCUT2D eigenvalue weighted by Gasteiger charge is 2.02.